The number of phenols is 1. The molecule has 2 N–H and O–H groups in total. The van der Waals surface area contributed by atoms with Crippen molar-refractivity contribution in [2.24, 2.45) is 0 Å². The van der Waals surface area contributed by atoms with Gasteiger partial charge in [-0.25, -0.2) is 13.2 Å². The van der Waals surface area contributed by atoms with Gasteiger partial charge in [-0.3, -0.25) is 0 Å². The van der Waals surface area contributed by atoms with Crippen LogP contribution in [-0.4, -0.2) is 49.1 Å². The topological polar surface area (TPSA) is 86.7 Å². The zero-order chi connectivity index (χ0) is 14.0. The second-order valence-corrected chi connectivity index (χ2v) is 6.88. The monoisotopic (exact) mass is 284 g/mol. The highest BCUT2D eigenvalue weighted by Crippen LogP contribution is 2.19. The van der Waals surface area contributed by atoms with Crippen LogP contribution in [-0.2, 0) is 9.84 Å². The van der Waals surface area contributed by atoms with Crippen molar-refractivity contribution in [3.05, 3.63) is 24.3 Å². The van der Waals surface area contributed by atoms with Crippen LogP contribution in [0.2, 0.25) is 0 Å². The molecule has 1 atom stereocenters. The van der Waals surface area contributed by atoms with Gasteiger partial charge >= 0.3 is 6.03 Å². The first kappa shape index (κ1) is 13.7. The zero-order valence-electron chi connectivity index (χ0n) is 10.5. The van der Waals surface area contributed by atoms with Crippen molar-refractivity contribution >= 4 is 21.6 Å². The third-order valence-electron chi connectivity index (χ3n) is 3.17. The van der Waals surface area contributed by atoms with Crippen molar-refractivity contribution in [1.29, 1.82) is 0 Å². The molecule has 0 saturated carbocycles. The van der Waals surface area contributed by atoms with E-state index in [1.807, 2.05) is 0 Å². The lowest BCUT2D eigenvalue weighted by molar-refractivity contribution is 0.209. The van der Waals surface area contributed by atoms with Crippen molar-refractivity contribution in [1.82, 2.24) is 4.90 Å². The minimum atomic E-state index is -3.02. The first-order chi connectivity index (χ1) is 8.87. The molecule has 1 heterocycles. The van der Waals surface area contributed by atoms with Crippen LogP contribution in [0.1, 0.15) is 6.42 Å². The number of carbonyl (C=O) groups is 1. The standard InChI is InChI=1S/C12H16N2O4S/c1-14(10-5-6-19(17,18)8-10)12(16)13-9-3-2-4-11(15)7-9/h2-4,7,10,15H,5-6,8H2,1H3,(H,13,16). The lowest BCUT2D eigenvalue weighted by Gasteiger charge is -2.23. The number of phenolic OH excluding ortho intramolecular Hbond substituents is 1. The fraction of sp³-hybridized carbons (Fsp3) is 0.417. The zero-order valence-corrected chi connectivity index (χ0v) is 11.4. The minimum Gasteiger partial charge on any atom is -0.508 e. The lowest BCUT2D eigenvalue weighted by Crippen LogP contribution is -2.40. The number of nitrogens with zero attached hydrogens (tertiary/aromatic N) is 1. The Morgan fingerprint density at radius 3 is 2.79 bits per heavy atom. The number of amides is 2. The van der Waals surface area contributed by atoms with Gasteiger partial charge in [-0.15, -0.1) is 0 Å². The summed E-state index contributed by atoms with van der Waals surface area (Å²) in [6.45, 7) is 0. The SMILES string of the molecule is CN(C(=O)Nc1cccc(O)c1)C1CCS(=O)(=O)C1. The van der Waals surface area contributed by atoms with E-state index in [9.17, 15) is 18.3 Å². The number of benzene rings is 1. The van der Waals surface area contributed by atoms with Gasteiger partial charge in [0.2, 0.25) is 0 Å². The molecule has 0 aliphatic carbocycles. The fourth-order valence-electron chi connectivity index (χ4n) is 2.04. The summed E-state index contributed by atoms with van der Waals surface area (Å²) in [5, 5.41) is 11.9. The fourth-order valence-corrected chi connectivity index (χ4v) is 3.82. The Morgan fingerprint density at radius 1 is 1.47 bits per heavy atom. The van der Waals surface area contributed by atoms with Crippen LogP contribution in [0.4, 0.5) is 10.5 Å². The van der Waals surface area contributed by atoms with E-state index in [-0.39, 0.29) is 29.3 Å². The number of hydrogen-bond acceptors (Lipinski definition) is 4. The summed E-state index contributed by atoms with van der Waals surface area (Å²) in [4.78, 5) is 13.4. The van der Waals surface area contributed by atoms with E-state index >= 15 is 0 Å². The maximum absolute atomic E-state index is 12.0. The number of hydrogen-bond donors (Lipinski definition) is 2. The summed E-state index contributed by atoms with van der Waals surface area (Å²) >= 11 is 0. The van der Waals surface area contributed by atoms with Crippen LogP contribution in [0, 0.1) is 0 Å². The van der Waals surface area contributed by atoms with Crippen LogP contribution in [0.3, 0.4) is 0 Å². The maximum Gasteiger partial charge on any atom is 0.321 e. The Hall–Kier alpha value is -1.76. The summed E-state index contributed by atoms with van der Waals surface area (Å²) in [6, 6.07) is 5.53. The van der Waals surface area contributed by atoms with Crippen LogP contribution in [0.5, 0.6) is 5.75 Å². The molecule has 7 heteroatoms. The first-order valence-corrected chi connectivity index (χ1v) is 7.73. The van der Waals surface area contributed by atoms with E-state index in [0.29, 0.717) is 12.1 Å². The molecule has 104 valence electrons. The molecule has 0 bridgehead atoms. The molecule has 0 spiro atoms. The van der Waals surface area contributed by atoms with Crippen molar-refractivity contribution in [2.45, 2.75) is 12.5 Å². The molecule has 1 fully saturated rings. The van der Waals surface area contributed by atoms with E-state index in [1.165, 1.54) is 17.0 Å². The Morgan fingerprint density at radius 2 is 2.21 bits per heavy atom. The Balaban J connectivity index is 2.00. The molecule has 1 aromatic rings. The largest absolute Gasteiger partial charge is 0.508 e. The number of anilines is 1. The summed E-state index contributed by atoms with van der Waals surface area (Å²) < 4.78 is 22.8. The molecule has 1 saturated heterocycles. The van der Waals surface area contributed by atoms with Crippen molar-refractivity contribution in [3.8, 4) is 5.75 Å². The van der Waals surface area contributed by atoms with Gasteiger partial charge in [0.25, 0.3) is 0 Å². The number of nitrogens with one attached hydrogen (secondary N) is 1. The summed E-state index contributed by atoms with van der Waals surface area (Å²) in [6.07, 6.45) is 0.465. The molecule has 2 rings (SSSR count). The predicted octanol–water partition coefficient (Wildman–Crippen LogP) is 1.04. The van der Waals surface area contributed by atoms with Gasteiger partial charge in [0.15, 0.2) is 9.84 Å². The second kappa shape index (κ2) is 5.08. The maximum atomic E-state index is 12.0. The smallest absolute Gasteiger partial charge is 0.321 e. The molecule has 1 unspecified atom stereocenters. The highest BCUT2D eigenvalue weighted by atomic mass is 32.2. The Bertz CT molecular complexity index is 585. The van der Waals surface area contributed by atoms with Gasteiger partial charge in [0.05, 0.1) is 11.5 Å². The van der Waals surface area contributed by atoms with Crippen molar-refractivity contribution in [2.75, 3.05) is 23.9 Å². The highest BCUT2D eigenvalue weighted by Gasteiger charge is 2.32. The van der Waals surface area contributed by atoms with Gasteiger partial charge in [-0.1, -0.05) is 6.07 Å². The quantitative estimate of drug-likeness (QED) is 0.849. The molecule has 0 radical (unpaired) electrons. The number of aromatic hydroxyl groups is 1. The van der Waals surface area contributed by atoms with Gasteiger partial charge in [0, 0.05) is 24.8 Å². The van der Waals surface area contributed by atoms with Crippen molar-refractivity contribution in [3.63, 3.8) is 0 Å². The lowest BCUT2D eigenvalue weighted by atomic mass is 10.2. The van der Waals surface area contributed by atoms with Crippen LogP contribution in [0.25, 0.3) is 0 Å². The molecular weight excluding hydrogens is 268 g/mol. The Labute approximate surface area is 112 Å². The molecule has 6 nitrogen and oxygen atoms in total. The van der Waals surface area contributed by atoms with Crippen LogP contribution < -0.4 is 5.32 Å². The molecule has 1 aliphatic heterocycles. The van der Waals surface area contributed by atoms with Gasteiger partial charge in [-0.05, 0) is 18.6 Å². The van der Waals surface area contributed by atoms with E-state index in [2.05, 4.69) is 5.32 Å². The number of urea groups is 1. The molecule has 0 aromatic heterocycles. The molecule has 1 aliphatic rings. The third-order valence-corrected chi connectivity index (χ3v) is 4.92. The van der Waals surface area contributed by atoms with Crippen LogP contribution in [0.15, 0.2) is 24.3 Å². The average molecular weight is 284 g/mol. The number of rotatable bonds is 2. The van der Waals surface area contributed by atoms with E-state index in [1.54, 1.807) is 19.2 Å². The minimum absolute atomic E-state index is 0.0109. The molecule has 19 heavy (non-hydrogen) atoms. The van der Waals surface area contributed by atoms with E-state index in [0.717, 1.165) is 0 Å². The summed E-state index contributed by atoms with van der Waals surface area (Å²) in [7, 11) is -1.44. The number of carbonyl (C=O) groups excluding carboxylic acids is 1. The molecule has 2 amide bonds. The summed E-state index contributed by atoms with van der Waals surface area (Å²) in [5.74, 6) is 0.196. The van der Waals surface area contributed by atoms with Gasteiger partial charge < -0.3 is 15.3 Å². The predicted molar refractivity (Wildman–Crippen MR) is 71.9 cm³/mol. The first-order valence-electron chi connectivity index (χ1n) is 5.91. The van der Waals surface area contributed by atoms with Gasteiger partial charge in [-0.2, -0.15) is 0 Å². The average Bonchev–Trinajstić information content (AvgIpc) is 2.68. The molecular formula is C12H16N2O4S. The number of sulfone groups is 1. The second-order valence-electron chi connectivity index (χ2n) is 4.65. The molecule has 1 aromatic carbocycles. The normalized spacial score (nSPS) is 21.0. The Kier molecular flexibility index (Phi) is 3.66. The van der Waals surface area contributed by atoms with E-state index < -0.39 is 9.84 Å². The summed E-state index contributed by atoms with van der Waals surface area (Å²) in [5.41, 5.74) is 0.470. The van der Waals surface area contributed by atoms with E-state index in [4.69, 9.17) is 0 Å². The van der Waals surface area contributed by atoms with Gasteiger partial charge in [0.1, 0.15) is 5.75 Å². The van der Waals surface area contributed by atoms with Crippen LogP contribution >= 0.6 is 0 Å². The third kappa shape index (κ3) is 3.37. The van der Waals surface area contributed by atoms with Crippen molar-refractivity contribution < 1.29 is 18.3 Å². The highest BCUT2D eigenvalue weighted by molar-refractivity contribution is 7.91.